The zero-order chi connectivity index (χ0) is 10.6. The van der Waals surface area contributed by atoms with E-state index in [1.165, 1.54) is 0 Å². The van der Waals surface area contributed by atoms with Crippen LogP contribution in [0.25, 0.3) is 0 Å². The second kappa shape index (κ2) is 5.15. The molecule has 3 nitrogen and oxygen atoms in total. The molecule has 0 saturated heterocycles. The van der Waals surface area contributed by atoms with Crippen molar-refractivity contribution >= 4 is 0 Å². The summed E-state index contributed by atoms with van der Waals surface area (Å²) in [6.45, 7) is 7.48. The standard InChI is InChI=1S/C11H21N3/c1-4-9(3)10(12)8-11-13-6-7-14(11)5-2/h6-7,9-10H,4-5,8,12H2,1-3H3. The van der Waals surface area contributed by atoms with Crippen molar-refractivity contribution in [1.82, 2.24) is 9.55 Å². The molecule has 2 atom stereocenters. The Bertz CT molecular complexity index is 267. The number of hydrogen-bond donors (Lipinski definition) is 1. The van der Waals surface area contributed by atoms with Crippen molar-refractivity contribution < 1.29 is 0 Å². The van der Waals surface area contributed by atoms with Crippen molar-refractivity contribution in [3.8, 4) is 0 Å². The molecule has 1 aromatic rings. The zero-order valence-electron chi connectivity index (χ0n) is 9.40. The Morgan fingerprint density at radius 3 is 2.79 bits per heavy atom. The van der Waals surface area contributed by atoms with E-state index in [-0.39, 0.29) is 6.04 Å². The van der Waals surface area contributed by atoms with Crippen LogP contribution < -0.4 is 5.73 Å². The van der Waals surface area contributed by atoms with Crippen LogP contribution in [0.5, 0.6) is 0 Å². The lowest BCUT2D eigenvalue weighted by molar-refractivity contribution is 0.428. The first-order valence-corrected chi connectivity index (χ1v) is 5.44. The number of nitrogens with two attached hydrogens (primary N) is 1. The Balaban J connectivity index is 2.59. The minimum atomic E-state index is 0.229. The van der Waals surface area contributed by atoms with Gasteiger partial charge < -0.3 is 10.3 Å². The van der Waals surface area contributed by atoms with E-state index in [0.29, 0.717) is 5.92 Å². The molecule has 0 saturated carbocycles. The lowest BCUT2D eigenvalue weighted by atomic mass is 9.97. The third kappa shape index (κ3) is 2.58. The molecule has 1 rings (SSSR count). The van der Waals surface area contributed by atoms with Gasteiger partial charge in [0.15, 0.2) is 0 Å². The van der Waals surface area contributed by atoms with Gasteiger partial charge in [0.2, 0.25) is 0 Å². The number of imidazole rings is 1. The molecular formula is C11H21N3. The van der Waals surface area contributed by atoms with Gasteiger partial charge in [0.05, 0.1) is 0 Å². The van der Waals surface area contributed by atoms with E-state index in [0.717, 1.165) is 25.2 Å². The van der Waals surface area contributed by atoms with Gasteiger partial charge in [0.1, 0.15) is 5.82 Å². The van der Waals surface area contributed by atoms with Crippen molar-refractivity contribution in [2.75, 3.05) is 0 Å². The Morgan fingerprint density at radius 2 is 2.21 bits per heavy atom. The summed E-state index contributed by atoms with van der Waals surface area (Å²) in [5.74, 6) is 1.68. The highest BCUT2D eigenvalue weighted by Gasteiger charge is 2.13. The van der Waals surface area contributed by atoms with Gasteiger partial charge >= 0.3 is 0 Å². The summed E-state index contributed by atoms with van der Waals surface area (Å²) in [5.41, 5.74) is 6.09. The Labute approximate surface area is 86.3 Å². The van der Waals surface area contributed by atoms with Gasteiger partial charge in [0, 0.05) is 31.4 Å². The molecule has 0 aromatic carbocycles. The molecule has 3 heteroatoms. The smallest absolute Gasteiger partial charge is 0.110 e. The second-order valence-corrected chi connectivity index (χ2v) is 3.88. The lowest BCUT2D eigenvalue weighted by Crippen LogP contribution is -2.31. The van der Waals surface area contributed by atoms with Crippen molar-refractivity contribution in [1.29, 1.82) is 0 Å². The van der Waals surface area contributed by atoms with E-state index >= 15 is 0 Å². The first kappa shape index (κ1) is 11.2. The van der Waals surface area contributed by atoms with Crippen LogP contribution in [0, 0.1) is 5.92 Å². The van der Waals surface area contributed by atoms with E-state index in [4.69, 9.17) is 5.73 Å². The van der Waals surface area contributed by atoms with Crippen LogP contribution in [-0.2, 0) is 13.0 Å². The molecule has 14 heavy (non-hydrogen) atoms. The molecule has 1 aromatic heterocycles. The van der Waals surface area contributed by atoms with Crippen LogP contribution in [0.2, 0.25) is 0 Å². The molecular weight excluding hydrogens is 174 g/mol. The fourth-order valence-electron chi connectivity index (χ4n) is 1.53. The molecule has 2 N–H and O–H groups in total. The number of hydrogen-bond acceptors (Lipinski definition) is 2. The van der Waals surface area contributed by atoms with Crippen molar-refractivity contribution in [2.24, 2.45) is 11.7 Å². The third-order valence-corrected chi connectivity index (χ3v) is 2.94. The highest BCUT2D eigenvalue weighted by atomic mass is 15.1. The van der Waals surface area contributed by atoms with Gasteiger partial charge in [0.25, 0.3) is 0 Å². The summed E-state index contributed by atoms with van der Waals surface area (Å²) in [4.78, 5) is 4.33. The van der Waals surface area contributed by atoms with Crippen LogP contribution in [0.1, 0.15) is 33.0 Å². The normalized spacial score (nSPS) is 15.4. The molecule has 2 unspecified atom stereocenters. The van der Waals surface area contributed by atoms with Crippen molar-refractivity contribution in [2.45, 2.75) is 46.2 Å². The molecule has 0 spiro atoms. The Kier molecular flexibility index (Phi) is 4.14. The van der Waals surface area contributed by atoms with Gasteiger partial charge in [-0.25, -0.2) is 4.98 Å². The predicted molar refractivity (Wildman–Crippen MR) is 59.0 cm³/mol. The molecule has 80 valence electrons. The number of nitrogens with zero attached hydrogens (tertiary/aromatic N) is 2. The maximum absolute atomic E-state index is 6.09. The summed E-state index contributed by atoms with van der Waals surface area (Å²) < 4.78 is 2.15. The first-order chi connectivity index (χ1) is 6.69. The fourth-order valence-corrected chi connectivity index (χ4v) is 1.53. The number of rotatable bonds is 5. The van der Waals surface area contributed by atoms with E-state index in [9.17, 15) is 0 Å². The van der Waals surface area contributed by atoms with Gasteiger partial charge in [-0.05, 0) is 12.8 Å². The maximum atomic E-state index is 6.09. The quantitative estimate of drug-likeness (QED) is 0.779. The largest absolute Gasteiger partial charge is 0.335 e. The zero-order valence-corrected chi connectivity index (χ0v) is 9.40. The van der Waals surface area contributed by atoms with Crippen molar-refractivity contribution in [3.63, 3.8) is 0 Å². The summed E-state index contributed by atoms with van der Waals surface area (Å²) >= 11 is 0. The minimum absolute atomic E-state index is 0.229. The average Bonchev–Trinajstić information content (AvgIpc) is 2.63. The Hall–Kier alpha value is -0.830. The van der Waals surface area contributed by atoms with Crippen LogP contribution in [0.3, 0.4) is 0 Å². The van der Waals surface area contributed by atoms with E-state index in [1.807, 2.05) is 12.4 Å². The maximum Gasteiger partial charge on any atom is 0.110 e. The topological polar surface area (TPSA) is 43.8 Å². The lowest BCUT2D eigenvalue weighted by Gasteiger charge is -2.18. The molecule has 0 bridgehead atoms. The van der Waals surface area contributed by atoms with Crippen LogP contribution in [0.4, 0.5) is 0 Å². The van der Waals surface area contributed by atoms with Gasteiger partial charge in [-0.15, -0.1) is 0 Å². The van der Waals surface area contributed by atoms with E-state index in [2.05, 4.69) is 30.3 Å². The summed E-state index contributed by atoms with van der Waals surface area (Å²) in [6, 6.07) is 0.229. The summed E-state index contributed by atoms with van der Waals surface area (Å²) in [7, 11) is 0. The monoisotopic (exact) mass is 195 g/mol. The SMILES string of the molecule is CCC(C)C(N)Cc1nccn1CC. The fraction of sp³-hybridized carbons (Fsp3) is 0.727. The molecule has 1 heterocycles. The van der Waals surface area contributed by atoms with Crippen LogP contribution >= 0.6 is 0 Å². The molecule has 0 radical (unpaired) electrons. The van der Waals surface area contributed by atoms with E-state index in [1.54, 1.807) is 0 Å². The highest BCUT2D eigenvalue weighted by Crippen LogP contribution is 2.10. The average molecular weight is 195 g/mol. The molecule has 0 amide bonds. The summed E-state index contributed by atoms with van der Waals surface area (Å²) in [6.07, 6.45) is 5.88. The molecule has 0 aliphatic heterocycles. The highest BCUT2D eigenvalue weighted by molar-refractivity contribution is 4.95. The first-order valence-electron chi connectivity index (χ1n) is 5.44. The number of aryl methyl sites for hydroxylation is 1. The van der Waals surface area contributed by atoms with Crippen LogP contribution in [-0.4, -0.2) is 15.6 Å². The van der Waals surface area contributed by atoms with Gasteiger partial charge in [-0.3, -0.25) is 0 Å². The Morgan fingerprint density at radius 1 is 1.50 bits per heavy atom. The minimum Gasteiger partial charge on any atom is -0.335 e. The van der Waals surface area contributed by atoms with E-state index < -0.39 is 0 Å². The molecule has 0 fully saturated rings. The summed E-state index contributed by atoms with van der Waals surface area (Å²) in [5, 5.41) is 0. The van der Waals surface area contributed by atoms with Crippen molar-refractivity contribution in [3.05, 3.63) is 18.2 Å². The molecule has 0 aliphatic rings. The molecule has 0 aliphatic carbocycles. The predicted octanol–water partition coefficient (Wildman–Crippen LogP) is 1.82. The second-order valence-electron chi connectivity index (χ2n) is 3.88. The number of aromatic nitrogens is 2. The van der Waals surface area contributed by atoms with Gasteiger partial charge in [-0.1, -0.05) is 20.3 Å². The van der Waals surface area contributed by atoms with Crippen LogP contribution in [0.15, 0.2) is 12.4 Å². The third-order valence-electron chi connectivity index (χ3n) is 2.94. The van der Waals surface area contributed by atoms with Gasteiger partial charge in [-0.2, -0.15) is 0 Å².